The van der Waals surface area contributed by atoms with Crippen LogP contribution >= 0.6 is 15.9 Å². The van der Waals surface area contributed by atoms with Crippen molar-refractivity contribution in [2.24, 2.45) is 0 Å². The number of carbonyl (C=O) groups is 1. The Morgan fingerprint density at radius 2 is 1.95 bits per heavy atom. The smallest absolute Gasteiger partial charge is 0.426 e. The largest absolute Gasteiger partial charge is 0.443 e. The minimum atomic E-state index is -0.527. The van der Waals surface area contributed by atoms with Crippen molar-refractivity contribution in [3.8, 4) is 0 Å². The van der Waals surface area contributed by atoms with Gasteiger partial charge in [-0.15, -0.1) is 0 Å². The molecule has 1 N–H and O–H groups in total. The van der Waals surface area contributed by atoms with Gasteiger partial charge in [-0.3, -0.25) is 5.01 Å². The molecule has 21 heavy (non-hydrogen) atoms. The zero-order valence-electron chi connectivity index (χ0n) is 12.5. The summed E-state index contributed by atoms with van der Waals surface area (Å²) >= 11 is 3.35. The van der Waals surface area contributed by atoms with E-state index in [-0.39, 0.29) is 0 Å². The number of halogens is 1. The number of benzene rings is 1. The number of amides is 1. The van der Waals surface area contributed by atoms with Gasteiger partial charge in [-0.2, -0.15) is 0 Å². The number of aromatic nitrogens is 1. The number of hydrazine groups is 1. The van der Waals surface area contributed by atoms with Crippen LogP contribution in [0, 0.1) is 0 Å². The van der Waals surface area contributed by atoms with E-state index in [1.165, 1.54) is 0 Å². The van der Waals surface area contributed by atoms with Crippen LogP contribution in [0.3, 0.4) is 0 Å². The highest BCUT2D eigenvalue weighted by molar-refractivity contribution is 9.10. The van der Waals surface area contributed by atoms with Crippen molar-refractivity contribution < 1.29 is 9.53 Å². The molecule has 0 bridgehead atoms. The third-order valence-corrected chi connectivity index (χ3v) is 3.13. The number of fused-ring (bicyclic) bond motifs is 1. The second-order valence-corrected chi connectivity index (χ2v) is 6.50. The molecule has 112 valence electrons. The first-order valence-electron chi connectivity index (χ1n) is 6.54. The number of anilines is 1. The summed E-state index contributed by atoms with van der Waals surface area (Å²) in [5, 5.41) is 2.64. The van der Waals surface area contributed by atoms with Gasteiger partial charge in [0, 0.05) is 12.4 Å². The van der Waals surface area contributed by atoms with Crippen LogP contribution in [0.1, 0.15) is 20.8 Å². The third-order valence-electron chi connectivity index (χ3n) is 2.69. The molecule has 1 heterocycles. The Hall–Kier alpha value is -1.82. The quantitative estimate of drug-likeness (QED) is 0.659. The number of nitrogens with one attached hydrogen (secondary N) is 1. The lowest BCUT2D eigenvalue weighted by molar-refractivity contribution is 0.0524. The van der Waals surface area contributed by atoms with Crippen LogP contribution < -0.4 is 10.4 Å². The highest BCUT2D eigenvalue weighted by atomic mass is 79.9. The van der Waals surface area contributed by atoms with Crippen molar-refractivity contribution in [1.82, 2.24) is 10.4 Å². The van der Waals surface area contributed by atoms with Crippen LogP contribution in [0.5, 0.6) is 0 Å². The van der Waals surface area contributed by atoms with Crippen LogP contribution in [-0.2, 0) is 4.74 Å². The fourth-order valence-corrected chi connectivity index (χ4v) is 2.11. The number of ether oxygens (including phenoxy) is 1. The second-order valence-electron chi connectivity index (χ2n) is 5.68. The Morgan fingerprint density at radius 1 is 1.29 bits per heavy atom. The maximum Gasteiger partial charge on any atom is 0.426 e. The van der Waals surface area contributed by atoms with Crippen LogP contribution in [-0.4, -0.2) is 23.7 Å². The van der Waals surface area contributed by atoms with E-state index < -0.39 is 11.7 Å². The Balaban J connectivity index is 2.15. The van der Waals surface area contributed by atoms with Gasteiger partial charge in [-0.25, -0.2) is 15.2 Å². The summed E-state index contributed by atoms with van der Waals surface area (Å²) in [6.45, 7) is 5.47. The number of carbonyl (C=O) groups excluding carboxylic acids is 1. The van der Waals surface area contributed by atoms with Crippen LogP contribution in [0.15, 0.2) is 34.9 Å². The molecule has 0 saturated carbocycles. The van der Waals surface area contributed by atoms with Crippen molar-refractivity contribution in [2.75, 3.05) is 12.1 Å². The van der Waals surface area contributed by atoms with Gasteiger partial charge in [-0.05, 0) is 54.9 Å². The van der Waals surface area contributed by atoms with Crippen molar-refractivity contribution in [3.63, 3.8) is 0 Å². The molecule has 5 nitrogen and oxygen atoms in total. The first-order chi connectivity index (χ1) is 9.74. The zero-order chi connectivity index (χ0) is 15.6. The van der Waals surface area contributed by atoms with Crippen LogP contribution in [0.4, 0.5) is 10.5 Å². The van der Waals surface area contributed by atoms with E-state index in [4.69, 9.17) is 4.74 Å². The van der Waals surface area contributed by atoms with Gasteiger partial charge >= 0.3 is 6.09 Å². The first kappa shape index (κ1) is 15.6. The average molecular weight is 352 g/mol. The lowest BCUT2D eigenvalue weighted by atomic mass is 10.2. The third kappa shape index (κ3) is 4.32. The maximum absolute atomic E-state index is 11.8. The number of hydrogen-bond acceptors (Lipinski definition) is 4. The molecule has 0 atom stereocenters. The molecule has 1 aromatic heterocycles. The van der Waals surface area contributed by atoms with E-state index in [0.717, 1.165) is 21.2 Å². The molecular weight excluding hydrogens is 334 g/mol. The van der Waals surface area contributed by atoms with E-state index >= 15 is 0 Å². The normalized spacial score (nSPS) is 11.3. The molecule has 0 radical (unpaired) electrons. The number of pyridine rings is 1. The van der Waals surface area contributed by atoms with Crippen molar-refractivity contribution in [3.05, 3.63) is 34.9 Å². The standard InChI is InChI=1S/C15H18BrN3O2/c1-15(2,3)21-14(20)18-19(4)11-7-5-10-6-8-13(16)17-12(10)9-11/h5-9H,1-4H3,(H,18,20). The van der Waals surface area contributed by atoms with Gasteiger partial charge in [0.15, 0.2) is 0 Å². The summed E-state index contributed by atoms with van der Waals surface area (Å²) in [4.78, 5) is 16.2. The molecule has 6 heteroatoms. The summed E-state index contributed by atoms with van der Waals surface area (Å²) in [5.74, 6) is 0. The molecule has 0 aliphatic rings. The zero-order valence-corrected chi connectivity index (χ0v) is 14.1. The topological polar surface area (TPSA) is 54.5 Å². The highest BCUT2D eigenvalue weighted by Gasteiger charge is 2.17. The summed E-state index contributed by atoms with van der Waals surface area (Å²) in [6.07, 6.45) is -0.493. The van der Waals surface area contributed by atoms with Crippen LogP contribution in [0.2, 0.25) is 0 Å². The van der Waals surface area contributed by atoms with Gasteiger partial charge in [0.25, 0.3) is 0 Å². The maximum atomic E-state index is 11.8. The van der Waals surface area contributed by atoms with Crippen LogP contribution in [0.25, 0.3) is 10.9 Å². The Morgan fingerprint density at radius 3 is 2.62 bits per heavy atom. The molecule has 0 aliphatic carbocycles. The summed E-state index contributed by atoms with van der Waals surface area (Å²) in [7, 11) is 1.75. The monoisotopic (exact) mass is 351 g/mol. The lowest BCUT2D eigenvalue weighted by Crippen LogP contribution is -2.42. The van der Waals surface area contributed by atoms with Crippen molar-refractivity contribution >= 4 is 38.6 Å². The molecule has 0 spiro atoms. The number of hydrogen-bond donors (Lipinski definition) is 1. The fourth-order valence-electron chi connectivity index (χ4n) is 1.79. The molecule has 2 rings (SSSR count). The lowest BCUT2D eigenvalue weighted by Gasteiger charge is -2.24. The van der Waals surface area contributed by atoms with Gasteiger partial charge in [0.1, 0.15) is 10.2 Å². The predicted molar refractivity (Wildman–Crippen MR) is 87.2 cm³/mol. The Labute approximate surface area is 132 Å². The molecule has 2 aromatic rings. The summed E-state index contributed by atoms with van der Waals surface area (Å²) in [5.41, 5.74) is 3.80. The summed E-state index contributed by atoms with van der Waals surface area (Å²) < 4.78 is 5.99. The van der Waals surface area contributed by atoms with E-state index in [1.54, 1.807) is 12.1 Å². The van der Waals surface area contributed by atoms with E-state index in [1.807, 2.05) is 51.1 Å². The van der Waals surface area contributed by atoms with E-state index in [0.29, 0.717) is 0 Å². The van der Waals surface area contributed by atoms with Crippen molar-refractivity contribution in [1.29, 1.82) is 0 Å². The molecular formula is C15H18BrN3O2. The predicted octanol–water partition coefficient (Wildman–Crippen LogP) is 3.87. The number of nitrogens with zero attached hydrogens (tertiary/aromatic N) is 2. The van der Waals surface area contributed by atoms with Gasteiger partial charge in [0.2, 0.25) is 0 Å². The molecule has 1 amide bonds. The fraction of sp³-hybridized carbons (Fsp3) is 0.333. The second kappa shape index (κ2) is 5.89. The first-order valence-corrected chi connectivity index (χ1v) is 7.33. The van der Waals surface area contributed by atoms with Gasteiger partial charge in [0.05, 0.1) is 11.2 Å². The minimum absolute atomic E-state index is 0.493. The SMILES string of the molecule is CN(NC(=O)OC(C)(C)C)c1ccc2ccc(Br)nc2c1. The van der Waals surface area contributed by atoms with Gasteiger partial charge in [-0.1, -0.05) is 12.1 Å². The molecule has 0 saturated heterocycles. The molecule has 0 fully saturated rings. The Kier molecular flexibility index (Phi) is 4.37. The van der Waals surface area contributed by atoms with Gasteiger partial charge < -0.3 is 4.74 Å². The molecule has 0 unspecified atom stereocenters. The highest BCUT2D eigenvalue weighted by Crippen LogP contribution is 2.21. The Bertz CT molecular complexity index is 668. The summed E-state index contributed by atoms with van der Waals surface area (Å²) in [6, 6.07) is 9.65. The molecule has 0 aliphatic heterocycles. The van der Waals surface area contributed by atoms with Crippen molar-refractivity contribution in [2.45, 2.75) is 26.4 Å². The molecule has 1 aromatic carbocycles. The van der Waals surface area contributed by atoms with E-state index in [2.05, 4.69) is 26.3 Å². The number of rotatable bonds is 2. The minimum Gasteiger partial charge on any atom is -0.443 e. The average Bonchev–Trinajstić information content (AvgIpc) is 2.35. The van der Waals surface area contributed by atoms with E-state index in [9.17, 15) is 4.79 Å².